The number of methoxy groups -OCH3 is 1. The van der Waals surface area contributed by atoms with Crippen molar-refractivity contribution >= 4 is 56.5 Å². The average molecular weight is 486 g/mol. The van der Waals surface area contributed by atoms with Crippen molar-refractivity contribution in [1.82, 2.24) is 9.55 Å². The van der Waals surface area contributed by atoms with Crippen LogP contribution in [0.15, 0.2) is 63.9 Å². The van der Waals surface area contributed by atoms with Gasteiger partial charge in [0, 0.05) is 0 Å². The van der Waals surface area contributed by atoms with E-state index in [1.54, 1.807) is 23.8 Å². The van der Waals surface area contributed by atoms with E-state index < -0.39 is 0 Å². The van der Waals surface area contributed by atoms with Crippen LogP contribution in [0.3, 0.4) is 0 Å². The van der Waals surface area contributed by atoms with Crippen LogP contribution in [0.25, 0.3) is 10.2 Å². The van der Waals surface area contributed by atoms with Gasteiger partial charge in [-0.05, 0) is 53.8 Å². The lowest BCUT2D eigenvalue weighted by atomic mass is 10.2. The molecule has 4 rings (SSSR count). The van der Waals surface area contributed by atoms with Gasteiger partial charge in [0.25, 0.3) is 5.56 Å². The molecule has 0 radical (unpaired) electrons. The van der Waals surface area contributed by atoms with E-state index in [1.165, 1.54) is 23.1 Å². The summed E-state index contributed by atoms with van der Waals surface area (Å²) in [5.41, 5.74) is 2.97. The molecule has 2 heterocycles. The highest BCUT2D eigenvalue weighted by Crippen LogP contribution is 2.25. The number of anilines is 1. The van der Waals surface area contributed by atoms with Crippen LogP contribution in [0, 0.1) is 6.92 Å². The van der Waals surface area contributed by atoms with Gasteiger partial charge in [0.15, 0.2) is 5.16 Å². The normalized spacial score (nSPS) is 11.0. The zero-order valence-electron chi connectivity index (χ0n) is 17.4. The van der Waals surface area contributed by atoms with Crippen LogP contribution in [-0.4, -0.2) is 28.3 Å². The third-order valence-corrected chi connectivity index (χ3v) is 6.92. The van der Waals surface area contributed by atoms with Gasteiger partial charge in [-0.3, -0.25) is 14.2 Å². The topological polar surface area (TPSA) is 73.2 Å². The van der Waals surface area contributed by atoms with Crippen LogP contribution in [0.5, 0.6) is 5.75 Å². The van der Waals surface area contributed by atoms with Gasteiger partial charge in [0.05, 0.1) is 35.6 Å². The fraction of sp³-hybridized carbons (Fsp3) is 0.174. The van der Waals surface area contributed by atoms with Crippen molar-refractivity contribution in [3.05, 3.63) is 80.4 Å². The first-order chi connectivity index (χ1) is 15.4. The van der Waals surface area contributed by atoms with Gasteiger partial charge in [0.1, 0.15) is 10.4 Å². The highest BCUT2D eigenvalue weighted by Gasteiger charge is 2.15. The minimum atomic E-state index is -0.228. The predicted molar refractivity (Wildman–Crippen MR) is 132 cm³/mol. The Balaban J connectivity index is 1.59. The maximum absolute atomic E-state index is 13.2. The van der Waals surface area contributed by atoms with Crippen LogP contribution in [-0.2, 0) is 11.3 Å². The molecule has 0 unspecified atom stereocenters. The Morgan fingerprint density at radius 1 is 1.25 bits per heavy atom. The number of carbonyl (C=O) groups is 1. The Labute approximate surface area is 198 Å². The molecule has 0 aliphatic heterocycles. The summed E-state index contributed by atoms with van der Waals surface area (Å²) in [7, 11) is 1.60. The fourth-order valence-corrected chi connectivity index (χ4v) is 5.02. The molecule has 9 heteroatoms. The molecule has 2 aromatic heterocycles. The first-order valence-corrected chi connectivity index (χ1v) is 12.0. The van der Waals surface area contributed by atoms with Crippen LogP contribution >= 0.6 is 34.7 Å². The van der Waals surface area contributed by atoms with E-state index in [9.17, 15) is 9.59 Å². The summed E-state index contributed by atoms with van der Waals surface area (Å²) in [6.45, 7) is 2.26. The lowest BCUT2D eigenvalue weighted by Crippen LogP contribution is -2.24. The van der Waals surface area contributed by atoms with Crippen molar-refractivity contribution in [2.75, 3.05) is 18.2 Å². The number of nitrogens with one attached hydrogen (secondary N) is 1. The lowest BCUT2D eigenvalue weighted by molar-refractivity contribution is -0.113. The summed E-state index contributed by atoms with van der Waals surface area (Å²) in [4.78, 5) is 30.3. The number of thioether (sulfide) groups is 1. The number of halogens is 1. The first-order valence-electron chi connectivity index (χ1n) is 9.74. The summed E-state index contributed by atoms with van der Waals surface area (Å²) in [6.07, 6.45) is 0. The zero-order chi connectivity index (χ0) is 22.7. The summed E-state index contributed by atoms with van der Waals surface area (Å²) < 4.78 is 7.49. The molecule has 0 atom stereocenters. The molecular weight excluding hydrogens is 466 g/mol. The van der Waals surface area contributed by atoms with E-state index in [0.29, 0.717) is 38.4 Å². The number of hydrogen-bond donors (Lipinski definition) is 1. The number of benzene rings is 2. The van der Waals surface area contributed by atoms with Gasteiger partial charge in [-0.15, -0.1) is 11.3 Å². The standard InChI is InChI=1S/C23H20ClN3O3S2/c1-14-6-7-18(17(24)10-14)25-20(28)13-32-23-26-19-8-9-31-21(19)22(29)27(23)12-15-4-3-5-16(11-15)30-2/h3-11H,12-13H2,1-2H3,(H,25,28). The van der Waals surface area contributed by atoms with Gasteiger partial charge in [-0.2, -0.15) is 0 Å². The van der Waals surface area contributed by atoms with Crippen molar-refractivity contribution in [2.24, 2.45) is 0 Å². The third kappa shape index (κ3) is 4.98. The number of carbonyl (C=O) groups excluding carboxylic acids is 1. The number of thiophene rings is 1. The van der Waals surface area contributed by atoms with Gasteiger partial charge >= 0.3 is 0 Å². The highest BCUT2D eigenvalue weighted by molar-refractivity contribution is 7.99. The molecule has 6 nitrogen and oxygen atoms in total. The monoisotopic (exact) mass is 485 g/mol. The molecule has 0 aliphatic carbocycles. The molecule has 0 fully saturated rings. The Hall–Kier alpha value is -2.81. The largest absolute Gasteiger partial charge is 0.497 e. The summed E-state index contributed by atoms with van der Waals surface area (Å²) in [5.74, 6) is 0.572. The Kier molecular flexibility index (Phi) is 6.83. The molecular formula is C23H20ClN3O3S2. The molecule has 1 amide bonds. The second-order valence-electron chi connectivity index (χ2n) is 7.09. The number of aromatic nitrogens is 2. The SMILES string of the molecule is COc1cccc(Cn2c(SCC(=O)Nc3ccc(C)cc3Cl)nc3ccsc3c2=O)c1. The Bertz CT molecular complexity index is 1350. The van der Waals surface area contributed by atoms with E-state index >= 15 is 0 Å². The fourth-order valence-electron chi connectivity index (χ4n) is 3.16. The van der Waals surface area contributed by atoms with Crippen molar-refractivity contribution in [1.29, 1.82) is 0 Å². The second-order valence-corrected chi connectivity index (χ2v) is 9.36. The van der Waals surface area contributed by atoms with Crippen molar-refractivity contribution in [3.63, 3.8) is 0 Å². The third-order valence-electron chi connectivity index (χ3n) is 4.74. The Morgan fingerprint density at radius 3 is 2.88 bits per heavy atom. The van der Waals surface area contributed by atoms with Crippen LogP contribution in [0.1, 0.15) is 11.1 Å². The van der Waals surface area contributed by atoms with Gasteiger partial charge in [-0.25, -0.2) is 4.98 Å². The minimum Gasteiger partial charge on any atom is -0.497 e. The molecule has 0 bridgehead atoms. The second kappa shape index (κ2) is 9.77. The van der Waals surface area contributed by atoms with Crippen LogP contribution in [0.4, 0.5) is 5.69 Å². The number of aryl methyl sites for hydroxylation is 1. The maximum Gasteiger partial charge on any atom is 0.272 e. The molecule has 0 spiro atoms. The van der Waals surface area contributed by atoms with Gasteiger partial charge in [-0.1, -0.05) is 41.6 Å². The van der Waals surface area contributed by atoms with E-state index in [0.717, 1.165) is 11.1 Å². The molecule has 0 saturated carbocycles. The van der Waals surface area contributed by atoms with Crippen molar-refractivity contribution in [2.45, 2.75) is 18.6 Å². The van der Waals surface area contributed by atoms with E-state index in [4.69, 9.17) is 16.3 Å². The molecule has 4 aromatic rings. The first kappa shape index (κ1) is 22.4. The Morgan fingerprint density at radius 2 is 2.09 bits per heavy atom. The van der Waals surface area contributed by atoms with Crippen molar-refractivity contribution in [3.8, 4) is 5.75 Å². The van der Waals surface area contributed by atoms with E-state index in [1.807, 2.05) is 48.7 Å². The van der Waals surface area contributed by atoms with Gasteiger partial charge < -0.3 is 10.1 Å². The van der Waals surface area contributed by atoms with Crippen LogP contribution < -0.4 is 15.6 Å². The molecule has 0 saturated heterocycles. The number of fused-ring (bicyclic) bond motifs is 1. The molecule has 2 aromatic carbocycles. The number of ether oxygens (including phenoxy) is 1. The smallest absolute Gasteiger partial charge is 0.272 e. The van der Waals surface area contributed by atoms with E-state index in [2.05, 4.69) is 10.3 Å². The molecule has 164 valence electrons. The molecule has 0 aliphatic rings. The molecule has 1 N–H and O–H groups in total. The van der Waals surface area contributed by atoms with Crippen LogP contribution in [0.2, 0.25) is 5.02 Å². The van der Waals surface area contributed by atoms with E-state index in [-0.39, 0.29) is 17.2 Å². The minimum absolute atomic E-state index is 0.0877. The zero-order valence-corrected chi connectivity index (χ0v) is 19.8. The quantitative estimate of drug-likeness (QED) is 0.287. The highest BCUT2D eigenvalue weighted by atomic mass is 35.5. The number of hydrogen-bond acceptors (Lipinski definition) is 6. The number of nitrogens with zero attached hydrogens (tertiary/aromatic N) is 2. The number of amides is 1. The van der Waals surface area contributed by atoms with Gasteiger partial charge in [0.2, 0.25) is 5.91 Å². The average Bonchev–Trinajstić information content (AvgIpc) is 3.25. The summed E-state index contributed by atoms with van der Waals surface area (Å²) in [5, 5.41) is 5.62. The maximum atomic E-state index is 13.2. The predicted octanol–water partition coefficient (Wildman–Crippen LogP) is 5.21. The lowest BCUT2D eigenvalue weighted by Gasteiger charge is -2.13. The molecule has 32 heavy (non-hydrogen) atoms. The van der Waals surface area contributed by atoms with Crippen molar-refractivity contribution < 1.29 is 9.53 Å². The summed E-state index contributed by atoms with van der Waals surface area (Å²) in [6, 6.07) is 14.8. The summed E-state index contributed by atoms with van der Waals surface area (Å²) >= 11 is 8.79. The number of rotatable bonds is 7.